The van der Waals surface area contributed by atoms with Crippen molar-refractivity contribution in [3.63, 3.8) is 0 Å². The first kappa shape index (κ1) is 14.4. The summed E-state index contributed by atoms with van der Waals surface area (Å²) >= 11 is 9.63. The van der Waals surface area contributed by atoms with Gasteiger partial charge in [-0.2, -0.15) is 0 Å². The number of ether oxygens (including phenoxy) is 1. The maximum absolute atomic E-state index is 6.19. The highest BCUT2D eigenvalue weighted by molar-refractivity contribution is 9.10. The summed E-state index contributed by atoms with van der Waals surface area (Å²) in [6.07, 6.45) is 0.770. The minimum atomic E-state index is 0.583. The summed E-state index contributed by atoms with van der Waals surface area (Å²) in [4.78, 5) is 0. The van der Waals surface area contributed by atoms with Crippen molar-refractivity contribution in [1.29, 1.82) is 0 Å². The number of benzene rings is 2. The molecule has 19 heavy (non-hydrogen) atoms. The van der Waals surface area contributed by atoms with E-state index in [1.807, 2.05) is 43.3 Å². The van der Waals surface area contributed by atoms with Gasteiger partial charge in [-0.1, -0.05) is 39.7 Å². The largest absolute Gasteiger partial charge is 0.455 e. The van der Waals surface area contributed by atoms with Crippen LogP contribution in [0.2, 0.25) is 5.02 Å². The Morgan fingerprint density at radius 1 is 1.16 bits per heavy atom. The van der Waals surface area contributed by atoms with Crippen molar-refractivity contribution >= 4 is 27.5 Å². The Bertz CT molecular complexity index is 586. The molecule has 0 aromatic heterocycles. The zero-order valence-corrected chi connectivity index (χ0v) is 13.0. The van der Waals surface area contributed by atoms with Gasteiger partial charge in [-0.3, -0.25) is 0 Å². The van der Waals surface area contributed by atoms with Crippen LogP contribution in [-0.4, -0.2) is 6.54 Å². The van der Waals surface area contributed by atoms with Crippen LogP contribution < -0.4 is 10.5 Å². The predicted octanol–water partition coefficient (Wildman–Crippen LogP) is 4.70. The molecule has 4 heteroatoms. The Kier molecular flexibility index (Phi) is 4.86. The average Bonchev–Trinajstić information content (AvgIpc) is 2.36. The van der Waals surface area contributed by atoms with Crippen molar-refractivity contribution in [3.8, 4) is 11.5 Å². The number of halogens is 2. The molecule has 0 aliphatic rings. The molecule has 2 aromatic rings. The molecule has 0 radical (unpaired) electrons. The quantitative estimate of drug-likeness (QED) is 0.875. The Morgan fingerprint density at radius 2 is 1.95 bits per heavy atom. The molecule has 0 saturated carbocycles. The van der Waals surface area contributed by atoms with E-state index in [4.69, 9.17) is 22.1 Å². The third-order valence-corrected chi connectivity index (χ3v) is 3.54. The van der Waals surface area contributed by atoms with Crippen molar-refractivity contribution in [3.05, 3.63) is 57.0 Å². The van der Waals surface area contributed by atoms with Gasteiger partial charge in [0.15, 0.2) is 0 Å². The van der Waals surface area contributed by atoms with E-state index in [0.717, 1.165) is 27.8 Å². The first-order valence-corrected chi connectivity index (χ1v) is 7.20. The Labute approximate surface area is 126 Å². The Hall–Kier alpha value is -1.03. The lowest BCUT2D eigenvalue weighted by Gasteiger charge is -2.12. The normalized spacial score (nSPS) is 10.5. The molecule has 0 saturated heterocycles. The van der Waals surface area contributed by atoms with Crippen LogP contribution in [0.15, 0.2) is 40.9 Å². The van der Waals surface area contributed by atoms with Crippen LogP contribution in [0, 0.1) is 6.92 Å². The third kappa shape index (κ3) is 3.72. The smallest absolute Gasteiger partial charge is 0.146 e. The van der Waals surface area contributed by atoms with E-state index in [-0.39, 0.29) is 0 Å². The van der Waals surface area contributed by atoms with Gasteiger partial charge in [-0.05, 0) is 55.3 Å². The molecule has 2 N–H and O–H groups in total. The van der Waals surface area contributed by atoms with Crippen molar-refractivity contribution in [2.75, 3.05) is 6.54 Å². The molecule has 0 unspecified atom stereocenters. The van der Waals surface area contributed by atoms with Gasteiger partial charge in [0.05, 0.1) is 5.02 Å². The van der Waals surface area contributed by atoms with Gasteiger partial charge in [0.2, 0.25) is 0 Å². The van der Waals surface area contributed by atoms with Gasteiger partial charge in [-0.25, -0.2) is 0 Å². The van der Waals surface area contributed by atoms with E-state index in [9.17, 15) is 0 Å². The van der Waals surface area contributed by atoms with Crippen molar-refractivity contribution < 1.29 is 4.74 Å². The summed E-state index contributed by atoms with van der Waals surface area (Å²) in [6.45, 7) is 2.58. The minimum Gasteiger partial charge on any atom is -0.455 e. The monoisotopic (exact) mass is 339 g/mol. The van der Waals surface area contributed by atoms with E-state index in [0.29, 0.717) is 17.3 Å². The zero-order valence-electron chi connectivity index (χ0n) is 10.6. The van der Waals surface area contributed by atoms with Crippen LogP contribution in [0.5, 0.6) is 11.5 Å². The summed E-state index contributed by atoms with van der Waals surface area (Å²) < 4.78 is 6.88. The maximum atomic E-state index is 6.19. The first-order valence-electron chi connectivity index (χ1n) is 6.02. The van der Waals surface area contributed by atoms with E-state index in [1.54, 1.807) is 0 Å². The molecular weight excluding hydrogens is 326 g/mol. The summed E-state index contributed by atoms with van der Waals surface area (Å²) in [5, 5.41) is 0.610. The molecule has 0 fully saturated rings. The molecule has 0 atom stereocenters. The number of hydrogen-bond donors (Lipinski definition) is 1. The van der Waals surface area contributed by atoms with E-state index in [1.165, 1.54) is 0 Å². The van der Waals surface area contributed by atoms with Crippen molar-refractivity contribution in [2.24, 2.45) is 5.73 Å². The molecule has 2 rings (SSSR count). The van der Waals surface area contributed by atoms with Crippen LogP contribution in [0.25, 0.3) is 0 Å². The molecule has 2 nitrogen and oxygen atoms in total. The molecule has 0 spiro atoms. The standard InChI is InChI=1S/C15H15BrClNO/c1-10-2-5-14(13(17)8-10)19-15-9-12(16)4-3-11(15)6-7-18/h2-5,8-9H,6-7,18H2,1H3. The summed E-state index contributed by atoms with van der Waals surface area (Å²) in [5.41, 5.74) is 7.79. The molecule has 0 aliphatic heterocycles. The third-order valence-electron chi connectivity index (χ3n) is 2.75. The SMILES string of the molecule is Cc1ccc(Oc2cc(Br)ccc2CCN)c(Cl)c1. The molecule has 2 aromatic carbocycles. The van der Waals surface area contributed by atoms with Crippen LogP contribution >= 0.6 is 27.5 Å². The topological polar surface area (TPSA) is 35.2 Å². The highest BCUT2D eigenvalue weighted by Crippen LogP contribution is 2.33. The van der Waals surface area contributed by atoms with Crippen LogP contribution in [0.1, 0.15) is 11.1 Å². The highest BCUT2D eigenvalue weighted by Gasteiger charge is 2.08. The Balaban J connectivity index is 2.33. The van der Waals surface area contributed by atoms with E-state index < -0.39 is 0 Å². The summed E-state index contributed by atoms with van der Waals surface area (Å²) in [6, 6.07) is 11.7. The fourth-order valence-corrected chi connectivity index (χ4v) is 2.41. The second-order valence-corrected chi connectivity index (χ2v) is 5.65. The number of rotatable bonds is 4. The molecule has 0 amide bonds. The van der Waals surface area contributed by atoms with Crippen LogP contribution in [0.3, 0.4) is 0 Å². The highest BCUT2D eigenvalue weighted by atomic mass is 79.9. The van der Waals surface area contributed by atoms with Gasteiger partial charge in [0.25, 0.3) is 0 Å². The fourth-order valence-electron chi connectivity index (χ4n) is 1.79. The second kappa shape index (κ2) is 6.42. The minimum absolute atomic E-state index is 0.583. The van der Waals surface area contributed by atoms with Gasteiger partial charge in [0, 0.05) is 4.47 Å². The number of nitrogens with two attached hydrogens (primary N) is 1. The Morgan fingerprint density at radius 3 is 2.63 bits per heavy atom. The average molecular weight is 341 g/mol. The number of aryl methyl sites for hydroxylation is 1. The zero-order chi connectivity index (χ0) is 13.8. The molecule has 0 bridgehead atoms. The lowest BCUT2D eigenvalue weighted by atomic mass is 10.1. The van der Waals surface area contributed by atoms with Gasteiger partial charge in [0.1, 0.15) is 11.5 Å². The van der Waals surface area contributed by atoms with Crippen LogP contribution in [-0.2, 0) is 6.42 Å². The predicted molar refractivity (Wildman–Crippen MR) is 83.2 cm³/mol. The second-order valence-electron chi connectivity index (χ2n) is 4.33. The first-order chi connectivity index (χ1) is 9.10. The lowest BCUT2D eigenvalue weighted by molar-refractivity contribution is 0.476. The van der Waals surface area contributed by atoms with Gasteiger partial charge < -0.3 is 10.5 Å². The van der Waals surface area contributed by atoms with Crippen LogP contribution in [0.4, 0.5) is 0 Å². The molecule has 0 heterocycles. The van der Waals surface area contributed by atoms with E-state index >= 15 is 0 Å². The lowest BCUT2D eigenvalue weighted by Crippen LogP contribution is -2.04. The fraction of sp³-hybridized carbons (Fsp3) is 0.200. The maximum Gasteiger partial charge on any atom is 0.146 e. The van der Waals surface area contributed by atoms with Crippen molar-refractivity contribution in [2.45, 2.75) is 13.3 Å². The molecule has 0 aliphatic carbocycles. The van der Waals surface area contributed by atoms with E-state index in [2.05, 4.69) is 15.9 Å². The van der Waals surface area contributed by atoms with Gasteiger partial charge in [-0.15, -0.1) is 0 Å². The van der Waals surface area contributed by atoms with Gasteiger partial charge >= 0.3 is 0 Å². The molecule has 100 valence electrons. The molecular formula is C15H15BrClNO. The number of hydrogen-bond acceptors (Lipinski definition) is 2. The summed E-state index contributed by atoms with van der Waals surface area (Å²) in [5.74, 6) is 1.44. The summed E-state index contributed by atoms with van der Waals surface area (Å²) in [7, 11) is 0. The van der Waals surface area contributed by atoms with Crippen molar-refractivity contribution in [1.82, 2.24) is 0 Å².